The Hall–Kier alpha value is -0.870. The molecule has 0 aliphatic carbocycles. The van der Waals surface area contributed by atoms with Crippen molar-refractivity contribution >= 4 is 17.2 Å². The fraction of sp³-hybridized carbons (Fsp3) is 0.545. The Bertz CT molecular complexity index is 296. The molecule has 0 aromatic carbocycles. The lowest BCUT2D eigenvalue weighted by atomic mass is 10.0. The highest BCUT2D eigenvalue weighted by atomic mass is 32.1. The van der Waals surface area contributed by atoms with Crippen LogP contribution in [-0.2, 0) is 11.2 Å². The van der Waals surface area contributed by atoms with E-state index in [-0.39, 0.29) is 17.9 Å². The van der Waals surface area contributed by atoms with Crippen LogP contribution in [0.25, 0.3) is 0 Å². The highest BCUT2D eigenvalue weighted by Crippen LogP contribution is 2.08. The first-order chi connectivity index (χ1) is 7.11. The average molecular weight is 226 g/mol. The van der Waals surface area contributed by atoms with Crippen LogP contribution in [-0.4, -0.2) is 18.5 Å². The van der Waals surface area contributed by atoms with E-state index in [4.69, 9.17) is 5.73 Å². The van der Waals surface area contributed by atoms with Gasteiger partial charge in [-0.3, -0.25) is 4.79 Å². The summed E-state index contributed by atoms with van der Waals surface area (Å²) < 4.78 is 0. The van der Waals surface area contributed by atoms with E-state index in [2.05, 4.69) is 11.4 Å². The minimum atomic E-state index is -0.117. The predicted octanol–water partition coefficient (Wildman–Crippen LogP) is 1.39. The summed E-state index contributed by atoms with van der Waals surface area (Å²) in [6.45, 7) is 4.39. The molecule has 1 rings (SSSR count). The summed E-state index contributed by atoms with van der Waals surface area (Å²) in [5.41, 5.74) is 5.64. The largest absolute Gasteiger partial charge is 0.355 e. The van der Waals surface area contributed by atoms with Gasteiger partial charge in [-0.1, -0.05) is 13.0 Å². The van der Waals surface area contributed by atoms with Crippen molar-refractivity contribution in [2.24, 2.45) is 11.7 Å². The molecule has 0 radical (unpaired) electrons. The van der Waals surface area contributed by atoms with Crippen LogP contribution < -0.4 is 11.1 Å². The zero-order valence-electron chi connectivity index (χ0n) is 9.19. The quantitative estimate of drug-likeness (QED) is 0.797. The third-order valence-corrected chi connectivity index (χ3v) is 3.39. The molecule has 2 atom stereocenters. The molecule has 1 amide bonds. The molecule has 15 heavy (non-hydrogen) atoms. The highest BCUT2D eigenvalue weighted by molar-refractivity contribution is 7.09. The van der Waals surface area contributed by atoms with Gasteiger partial charge in [0.15, 0.2) is 0 Å². The molecule has 1 heterocycles. The Morgan fingerprint density at radius 1 is 1.60 bits per heavy atom. The van der Waals surface area contributed by atoms with Crippen LogP contribution in [0.1, 0.15) is 18.7 Å². The third kappa shape index (κ3) is 4.01. The second-order valence-electron chi connectivity index (χ2n) is 3.77. The van der Waals surface area contributed by atoms with E-state index in [0.29, 0.717) is 6.54 Å². The normalized spacial score (nSPS) is 14.6. The molecule has 0 fully saturated rings. The topological polar surface area (TPSA) is 55.1 Å². The lowest BCUT2D eigenvalue weighted by Gasteiger charge is -2.14. The molecule has 0 aliphatic rings. The molecule has 1 aromatic heterocycles. The summed E-state index contributed by atoms with van der Waals surface area (Å²) in [7, 11) is 0. The smallest absolute Gasteiger partial charge is 0.224 e. The van der Waals surface area contributed by atoms with E-state index in [1.165, 1.54) is 4.88 Å². The number of hydrogen-bond donors (Lipinski definition) is 2. The van der Waals surface area contributed by atoms with E-state index < -0.39 is 0 Å². The maximum atomic E-state index is 11.5. The molecule has 0 spiro atoms. The number of nitrogens with two attached hydrogens (primary N) is 1. The standard InChI is InChI=1S/C11H18N2OS/c1-8(9(2)12)11(14)13-6-5-10-4-3-7-15-10/h3-4,7-9H,5-6,12H2,1-2H3,(H,13,14). The second-order valence-corrected chi connectivity index (χ2v) is 4.80. The van der Waals surface area contributed by atoms with Crippen molar-refractivity contribution in [1.82, 2.24) is 5.32 Å². The minimum Gasteiger partial charge on any atom is -0.355 e. The number of carbonyl (C=O) groups is 1. The summed E-state index contributed by atoms with van der Waals surface area (Å²) in [5.74, 6) is -0.0742. The van der Waals surface area contributed by atoms with E-state index >= 15 is 0 Å². The molecule has 1 aromatic rings. The van der Waals surface area contributed by atoms with Crippen molar-refractivity contribution in [3.8, 4) is 0 Å². The van der Waals surface area contributed by atoms with Crippen molar-refractivity contribution in [1.29, 1.82) is 0 Å². The Morgan fingerprint density at radius 2 is 2.33 bits per heavy atom. The van der Waals surface area contributed by atoms with Crippen LogP contribution >= 0.6 is 11.3 Å². The number of carbonyl (C=O) groups excluding carboxylic acids is 1. The molecule has 3 N–H and O–H groups in total. The first-order valence-corrected chi connectivity index (χ1v) is 6.05. The monoisotopic (exact) mass is 226 g/mol. The van der Waals surface area contributed by atoms with Gasteiger partial charge in [0.25, 0.3) is 0 Å². The number of thiophene rings is 1. The van der Waals surface area contributed by atoms with Crippen LogP contribution in [0.2, 0.25) is 0 Å². The van der Waals surface area contributed by atoms with Crippen LogP contribution in [0.4, 0.5) is 0 Å². The Morgan fingerprint density at radius 3 is 2.87 bits per heavy atom. The summed E-state index contributed by atoms with van der Waals surface area (Å²) >= 11 is 1.71. The van der Waals surface area contributed by atoms with Crippen molar-refractivity contribution in [3.63, 3.8) is 0 Å². The molecule has 2 unspecified atom stereocenters. The van der Waals surface area contributed by atoms with Crippen molar-refractivity contribution in [3.05, 3.63) is 22.4 Å². The minimum absolute atomic E-state index is 0.0431. The predicted molar refractivity (Wildman–Crippen MR) is 63.8 cm³/mol. The Kier molecular flexibility index (Phi) is 4.78. The molecular formula is C11H18N2OS. The van der Waals surface area contributed by atoms with Gasteiger partial charge in [0.05, 0.1) is 0 Å². The number of amides is 1. The van der Waals surface area contributed by atoms with Crippen LogP contribution in [0, 0.1) is 5.92 Å². The number of nitrogens with one attached hydrogen (secondary N) is 1. The van der Waals surface area contributed by atoms with Gasteiger partial charge in [0, 0.05) is 23.4 Å². The molecule has 3 nitrogen and oxygen atoms in total. The summed E-state index contributed by atoms with van der Waals surface area (Å²) in [6, 6.07) is 4.00. The van der Waals surface area contributed by atoms with E-state index in [1.54, 1.807) is 11.3 Å². The lowest BCUT2D eigenvalue weighted by molar-refractivity contribution is -0.124. The SMILES string of the molecule is CC(N)C(C)C(=O)NCCc1cccs1. The number of rotatable bonds is 5. The van der Waals surface area contributed by atoms with E-state index in [0.717, 1.165) is 6.42 Å². The summed E-state index contributed by atoms with van der Waals surface area (Å²) in [6.07, 6.45) is 0.898. The first kappa shape index (κ1) is 12.2. The first-order valence-electron chi connectivity index (χ1n) is 5.17. The lowest BCUT2D eigenvalue weighted by Crippen LogP contribution is -2.39. The zero-order valence-corrected chi connectivity index (χ0v) is 10.0. The zero-order chi connectivity index (χ0) is 11.3. The molecule has 4 heteroatoms. The average Bonchev–Trinajstić information content (AvgIpc) is 2.69. The van der Waals surface area contributed by atoms with Gasteiger partial charge in [-0.25, -0.2) is 0 Å². The van der Waals surface area contributed by atoms with Gasteiger partial charge in [-0.15, -0.1) is 11.3 Å². The van der Waals surface area contributed by atoms with Crippen LogP contribution in [0.5, 0.6) is 0 Å². The fourth-order valence-corrected chi connectivity index (χ4v) is 1.87. The molecule has 0 saturated carbocycles. The van der Waals surface area contributed by atoms with Crippen molar-refractivity contribution in [2.75, 3.05) is 6.54 Å². The van der Waals surface area contributed by atoms with Gasteiger partial charge in [0.1, 0.15) is 0 Å². The van der Waals surface area contributed by atoms with Crippen LogP contribution in [0.3, 0.4) is 0 Å². The van der Waals surface area contributed by atoms with Crippen molar-refractivity contribution < 1.29 is 4.79 Å². The van der Waals surface area contributed by atoms with Gasteiger partial charge >= 0.3 is 0 Å². The molecule has 0 saturated heterocycles. The van der Waals surface area contributed by atoms with E-state index in [1.807, 2.05) is 25.3 Å². The van der Waals surface area contributed by atoms with Gasteiger partial charge < -0.3 is 11.1 Å². The summed E-state index contributed by atoms with van der Waals surface area (Å²) in [5, 5.41) is 4.93. The van der Waals surface area contributed by atoms with Gasteiger partial charge in [-0.05, 0) is 24.8 Å². The second kappa shape index (κ2) is 5.88. The maximum absolute atomic E-state index is 11.5. The van der Waals surface area contributed by atoms with E-state index in [9.17, 15) is 4.79 Å². The Balaban J connectivity index is 2.23. The molecule has 0 bridgehead atoms. The maximum Gasteiger partial charge on any atom is 0.224 e. The molecular weight excluding hydrogens is 208 g/mol. The Labute approximate surface area is 94.7 Å². The third-order valence-electron chi connectivity index (χ3n) is 2.45. The van der Waals surface area contributed by atoms with Crippen molar-refractivity contribution in [2.45, 2.75) is 26.3 Å². The van der Waals surface area contributed by atoms with Crippen LogP contribution in [0.15, 0.2) is 17.5 Å². The van der Waals surface area contributed by atoms with Gasteiger partial charge in [0.2, 0.25) is 5.91 Å². The number of hydrogen-bond acceptors (Lipinski definition) is 3. The van der Waals surface area contributed by atoms with Gasteiger partial charge in [-0.2, -0.15) is 0 Å². The summed E-state index contributed by atoms with van der Waals surface area (Å²) in [4.78, 5) is 12.8. The molecule has 84 valence electrons. The molecule has 0 aliphatic heterocycles. The highest BCUT2D eigenvalue weighted by Gasteiger charge is 2.15. The fourth-order valence-electron chi connectivity index (χ4n) is 1.16.